The SMILES string of the molecule is Cc1ccc(CC2=NNC(=O)/C2=C\c2c[nH]c3ncccc23)cc1. The van der Waals surface area contributed by atoms with Crippen LogP contribution in [0.2, 0.25) is 0 Å². The summed E-state index contributed by atoms with van der Waals surface area (Å²) in [6.45, 7) is 2.05. The number of benzene rings is 1. The number of hydrazone groups is 1. The first-order valence-corrected chi connectivity index (χ1v) is 7.77. The molecule has 5 heteroatoms. The average molecular weight is 316 g/mol. The van der Waals surface area contributed by atoms with Gasteiger partial charge in [-0.05, 0) is 30.7 Å². The molecule has 1 aromatic carbocycles. The molecule has 0 saturated heterocycles. The summed E-state index contributed by atoms with van der Waals surface area (Å²) in [7, 11) is 0. The van der Waals surface area contributed by atoms with Crippen molar-refractivity contribution < 1.29 is 4.79 Å². The molecule has 0 unspecified atom stereocenters. The van der Waals surface area contributed by atoms with Crippen molar-refractivity contribution in [3.63, 3.8) is 0 Å². The van der Waals surface area contributed by atoms with Crippen molar-refractivity contribution in [1.82, 2.24) is 15.4 Å². The van der Waals surface area contributed by atoms with E-state index in [-0.39, 0.29) is 5.91 Å². The Bertz CT molecular complexity index is 980. The van der Waals surface area contributed by atoms with E-state index in [9.17, 15) is 4.79 Å². The number of amides is 1. The highest BCUT2D eigenvalue weighted by molar-refractivity contribution is 6.28. The van der Waals surface area contributed by atoms with Gasteiger partial charge in [-0.1, -0.05) is 29.8 Å². The van der Waals surface area contributed by atoms with Gasteiger partial charge in [-0.25, -0.2) is 10.4 Å². The minimum Gasteiger partial charge on any atom is -0.346 e. The van der Waals surface area contributed by atoms with E-state index in [2.05, 4.69) is 51.7 Å². The van der Waals surface area contributed by atoms with Crippen LogP contribution in [0.15, 0.2) is 59.5 Å². The molecule has 118 valence electrons. The maximum atomic E-state index is 12.2. The highest BCUT2D eigenvalue weighted by Crippen LogP contribution is 2.21. The zero-order valence-electron chi connectivity index (χ0n) is 13.2. The van der Waals surface area contributed by atoms with Gasteiger partial charge in [0.2, 0.25) is 0 Å². The van der Waals surface area contributed by atoms with Crippen molar-refractivity contribution in [1.29, 1.82) is 0 Å². The average Bonchev–Trinajstić information content (AvgIpc) is 3.16. The van der Waals surface area contributed by atoms with Crippen LogP contribution in [0.4, 0.5) is 0 Å². The van der Waals surface area contributed by atoms with Gasteiger partial charge in [-0.3, -0.25) is 4.79 Å². The van der Waals surface area contributed by atoms with Crippen molar-refractivity contribution in [3.8, 4) is 0 Å². The summed E-state index contributed by atoms with van der Waals surface area (Å²) in [6, 6.07) is 12.1. The molecule has 0 aliphatic carbocycles. The van der Waals surface area contributed by atoms with Crippen molar-refractivity contribution >= 4 is 28.7 Å². The number of aromatic amines is 1. The summed E-state index contributed by atoms with van der Waals surface area (Å²) in [4.78, 5) is 19.6. The molecule has 0 radical (unpaired) electrons. The lowest BCUT2D eigenvalue weighted by Crippen LogP contribution is -2.13. The number of rotatable bonds is 3. The summed E-state index contributed by atoms with van der Waals surface area (Å²) in [5, 5.41) is 5.19. The minimum absolute atomic E-state index is 0.171. The van der Waals surface area contributed by atoms with Gasteiger partial charge in [-0.15, -0.1) is 0 Å². The number of nitrogens with zero attached hydrogens (tertiary/aromatic N) is 2. The lowest BCUT2D eigenvalue weighted by molar-refractivity contribution is -0.116. The van der Waals surface area contributed by atoms with Gasteiger partial charge in [0.05, 0.1) is 11.3 Å². The third-order valence-electron chi connectivity index (χ3n) is 4.12. The molecule has 5 nitrogen and oxygen atoms in total. The Morgan fingerprint density at radius 1 is 1.17 bits per heavy atom. The second kappa shape index (κ2) is 5.77. The highest BCUT2D eigenvalue weighted by Gasteiger charge is 2.23. The van der Waals surface area contributed by atoms with E-state index in [4.69, 9.17) is 0 Å². The number of fused-ring (bicyclic) bond motifs is 1. The van der Waals surface area contributed by atoms with Crippen molar-refractivity contribution in [2.45, 2.75) is 13.3 Å². The lowest BCUT2D eigenvalue weighted by Gasteiger charge is -2.03. The quantitative estimate of drug-likeness (QED) is 0.729. The number of pyridine rings is 1. The second-order valence-corrected chi connectivity index (χ2v) is 5.86. The summed E-state index contributed by atoms with van der Waals surface area (Å²) < 4.78 is 0. The number of aryl methyl sites for hydroxylation is 1. The standard InChI is InChI=1S/C19H16N4O/c1-12-4-6-13(7-5-12)9-17-16(19(24)23-22-17)10-14-11-21-18-15(14)3-2-8-20-18/h2-8,10-11H,9H2,1H3,(H,20,21)(H,23,24)/b16-10-. The molecule has 24 heavy (non-hydrogen) atoms. The Labute approximate surface area is 139 Å². The number of H-pyrrole nitrogens is 1. The molecule has 1 amide bonds. The van der Waals surface area contributed by atoms with Gasteiger partial charge >= 0.3 is 0 Å². The fourth-order valence-corrected chi connectivity index (χ4v) is 2.80. The summed E-state index contributed by atoms with van der Waals surface area (Å²) in [5.41, 5.74) is 7.99. The molecule has 0 bridgehead atoms. The normalized spacial score (nSPS) is 15.8. The molecule has 0 fully saturated rings. The van der Waals surface area contributed by atoms with E-state index in [1.165, 1.54) is 5.56 Å². The lowest BCUT2D eigenvalue weighted by atomic mass is 10.00. The fourth-order valence-electron chi connectivity index (χ4n) is 2.80. The van der Waals surface area contributed by atoms with Crippen LogP contribution in [0, 0.1) is 6.92 Å². The molecule has 3 aromatic rings. The monoisotopic (exact) mass is 316 g/mol. The second-order valence-electron chi connectivity index (χ2n) is 5.86. The maximum absolute atomic E-state index is 12.2. The summed E-state index contributed by atoms with van der Waals surface area (Å²) >= 11 is 0. The highest BCUT2D eigenvalue weighted by atomic mass is 16.2. The zero-order valence-corrected chi connectivity index (χ0v) is 13.2. The van der Waals surface area contributed by atoms with Gasteiger partial charge < -0.3 is 4.98 Å². The van der Waals surface area contributed by atoms with E-state index < -0.39 is 0 Å². The van der Waals surface area contributed by atoms with E-state index in [0.29, 0.717) is 12.0 Å². The predicted octanol–water partition coefficient (Wildman–Crippen LogP) is 2.98. The van der Waals surface area contributed by atoms with E-state index in [0.717, 1.165) is 27.9 Å². The number of aromatic nitrogens is 2. The Morgan fingerprint density at radius 2 is 2.00 bits per heavy atom. The first-order valence-electron chi connectivity index (χ1n) is 7.77. The Kier molecular flexibility index (Phi) is 3.46. The smallest absolute Gasteiger partial charge is 0.273 e. The molecule has 0 spiro atoms. The number of carbonyl (C=O) groups excluding carboxylic acids is 1. The van der Waals surface area contributed by atoms with Crippen LogP contribution in [0.25, 0.3) is 17.1 Å². The van der Waals surface area contributed by atoms with Crippen LogP contribution in [-0.2, 0) is 11.2 Å². The molecule has 2 N–H and O–H groups in total. The van der Waals surface area contributed by atoms with E-state index in [1.54, 1.807) is 6.20 Å². The third-order valence-corrected chi connectivity index (χ3v) is 4.12. The summed E-state index contributed by atoms with van der Waals surface area (Å²) in [6.07, 6.45) is 6.09. The van der Waals surface area contributed by atoms with Crippen LogP contribution >= 0.6 is 0 Å². The molecule has 3 heterocycles. The Morgan fingerprint density at radius 3 is 2.83 bits per heavy atom. The van der Waals surface area contributed by atoms with Gasteiger partial charge in [0, 0.05) is 29.8 Å². The van der Waals surface area contributed by atoms with Crippen molar-refractivity contribution in [3.05, 3.63) is 71.1 Å². The molecule has 0 saturated carbocycles. The van der Waals surface area contributed by atoms with Gasteiger partial charge in [-0.2, -0.15) is 5.10 Å². The molecular formula is C19H16N4O. The molecular weight excluding hydrogens is 300 g/mol. The number of hydrogen-bond donors (Lipinski definition) is 2. The van der Waals surface area contributed by atoms with E-state index in [1.807, 2.05) is 24.4 Å². The van der Waals surface area contributed by atoms with Crippen LogP contribution in [-0.4, -0.2) is 21.6 Å². The fraction of sp³-hybridized carbons (Fsp3) is 0.105. The van der Waals surface area contributed by atoms with Crippen molar-refractivity contribution in [2.24, 2.45) is 5.10 Å². The number of carbonyl (C=O) groups is 1. The summed E-state index contributed by atoms with van der Waals surface area (Å²) in [5.74, 6) is -0.171. The van der Waals surface area contributed by atoms with Crippen LogP contribution < -0.4 is 5.43 Å². The molecule has 0 atom stereocenters. The first kappa shape index (κ1) is 14.4. The van der Waals surface area contributed by atoms with E-state index >= 15 is 0 Å². The predicted molar refractivity (Wildman–Crippen MR) is 94.5 cm³/mol. The molecule has 1 aliphatic heterocycles. The molecule has 4 rings (SSSR count). The Balaban J connectivity index is 1.68. The largest absolute Gasteiger partial charge is 0.346 e. The molecule has 1 aliphatic rings. The first-order chi connectivity index (χ1) is 11.7. The topological polar surface area (TPSA) is 70.1 Å². The van der Waals surface area contributed by atoms with Crippen molar-refractivity contribution in [2.75, 3.05) is 0 Å². The van der Waals surface area contributed by atoms with Gasteiger partial charge in [0.25, 0.3) is 5.91 Å². The number of nitrogens with one attached hydrogen (secondary N) is 2. The minimum atomic E-state index is -0.171. The van der Waals surface area contributed by atoms with Gasteiger partial charge in [0.1, 0.15) is 5.65 Å². The molecule has 2 aromatic heterocycles. The van der Waals surface area contributed by atoms with Crippen LogP contribution in [0.1, 0.15) is 16.7 Å². The van der Waals surface area contributed by atoms with Crippen LogP contribution in [0.3, 0.4) is 0 Å². The number of hydrogen-bond acceptors (Lipinski definition) is 3. The maximum Gasteiger partial charge on any atom is 0.273 e. The zero-order chi connectivity index (χ0) is 16.5. The third kappa shape index (κ3) is 2.60. The van der Waals surface area contributed by atoms with Gasteiger partial charge in [0.15, 0.2) is 0 Å². The van der Waals surface area contributed by atoms with Crippen LogP contribution in [0.5, 0.6) is 0 Å². The Hall–Kier alpha value is -3.21.